The summed E-state index contributed by atoms with van der Waals surface area (Å²) >= 11 is 6.21. The van der Waals surface area contributed by atoms with Crippen molar-refractivity contribution >= 4 is 17.4 Å². The number of nitrogen functional groups attached to an aromatic ring is 1. The maximum absolute atomic E-state index is 6.30. The second-order valence-electron chi connectivity index (χ2n) is 5.13. The van der Waals surface area contributed by atoms with Crippen molar-refractivity contribution in [2.45, 2.75) is 46.6 Å². The molecule has 0 atom stereocenters. The molecule has 20 heavy (non-hydrogen) atoms. The second kappa shape index (κ2) is 6.31. The number of hydrogen-bond acceptors (Lipinski definition) is 2. The Hall–Kier alpha value is -1.48. The van der Waals surface area contributed by atoms with Crippen molar-refractivity contribution in [1.82, 2.24) is 9.55 Å². The predicted molar refractivity (Wildman–Crippen MR) is 86.1 cm³/mol. The molecule has 0 spiro atoms. The molecule has 0 aliphatic heterocycles. The van der Waals surface area contributed by atoms with Crippen LogP contribution in [0.2, 0.25) is 5.02 Å². The van der Waals surface area contributed by atoms with E-state index in [1.54, 1.807) is 0 Å². The molecule has 0 bridgehead atoms. The number of nitrogens with two attached hydrogens (primary N) is 1. The van der Waals surface area contributed by atoms with Crippen LogP contribution in [-0.2, 0) is 13.0 Å². The lowest BCUT2D eigenvalue weighted by molar-refractivity contribution is 0.637. The molecule has 2 aromatic rings. The summed E-state index contributed by atoms with van der Waals surface area (Å²) < 4.78 is 2.13. The summed E-state index contributed by atoms with van der Waals surface area (Å²) in [4.78, 5) is 4.74. The van der Waals surface area contributed by atoms with Crippen molar-refractivity contribution in [3.05, 3.63) is 34.6 Å². The third kappa shape index (κ3) is 2.83. The van der Waals surface area contributed by atoms with E-state index in [2.05, 4.69) is 18.4 Å². The first-order valence-electron chi connectivity index (χ1n) is 7.19. The van der Waals surface area contributed by atoms with Crippen LogP contribution < -0.4 is 5.73 Å². The lowest BCUT2D eigenvalue weighted by Gasteiger charge is -2.07. The molecule has 0 unspecified atom stereocenters. The van der Waals surface area contributed by atoms with Crippen LogP contribution in [0, 0.1) is 6.92 Å². The fourth-order valence-corrected chi connectivity index (χ4v) is 2.53. The van der Waals surface area contributed by atoms with Gasteiger partial charge in [-0.2, -0.15) is 0 Å². The van der Waals surface area contributed by atoms with Gasteiger partial charge in [-0.1, -0.05) is 37.6 Å². The average Bonchev–Trinajstić information content (AvgIpc) is 2.72. The minimum Gasteiger partial charge on any atom is -0.383 e. The summed E-state index contributed by atoms with van der Waals surface area (Å²) in [6, 6.07) is 5.99. The van der Waals surface area contributed by atoms with E-state index in [1.165, 1.54) is 0 Å². The predicted octanol–water partition coefficient (Wildman–Crippen LogP) is 4.46. The molecule has 0 aliphatic rings. The first-order valence-corrected chi connectivity index (χ1v) is 7.57. The number of aromatic nitrogens is 2. The highest BCUT2D eigenvalue weighted by atomic mass is 35.5. The van der Waals surface area contributed by atoms with Crippen molar-refractivity contribution in [2.24, 2.45) is 0 Å². The van der Waals surface area contributed by atoms with Gasteiger partial charge in [-0.3, -0.25) is 0 Å². The fourth-order valence-electron chi connectivity index (χ4n) is 2.35. The molecule has 3 nitrogen and oxygen atoms in total. The van der Waals surface area contributed by atoms with Gasteiger partial charge < -0.3 is 10.3 Å². The van der Waals surface area contributed by atoms with Crippen molar-refractivity contribution in [2.75, 3.05) is 5.73 Å². The summed E-state index contributed by atoms with van der Waals surface area (Å²) in [7, 11) is 0. The van der Waals surface area contributed by atoms with Crippen LogP contribution in [0.25, 0.3) is 11.3 Å². The molecule has 0 radical (unpaired) electrons. The number of aryl methyl sites for hydroxylation is 2. The van der Waals surface area contributed by atoms with E-state index < -0.39 is 0 Å². The molecule has 2 rings (SSSR count). The van der Waals surface area contributed by atoms with Crippen LogP contribution in [0.5, 0.6) is 0 Å². The first-order chi connectivity index (χ1) is 9.58. The molecule has 2 N–H and O–H groups in total. The third-order valence-corrected chi connectivity index (χ3v) is 3.86. The standard InChI is InChI=1S/C16H22ClN3/c1-4-6-14-19-15(16(18)20(14)9-5-2)12-8-7-11(3)13(17)10-12/h7-8,10H,4-6,9,18H2,1-3H3. The molecule has 1 aromatic carbocycles. The lowest BCUT2D eigenvalue weighted by atomic mass is 10.1. The van der Waals surface area contributed by atoms with Crippen molar-refractivity contribution in [1.29, 1.82) is 0 Å². The van der Waals surface area contributed by atoms with Gasteiger partial charge in [-0.25, -0.2) is 4.98 Å². The quantitative estimate of drug-likeness (QED) is 0.884. The molecule has 0 fully saturated rings. The van der Waals surface area contributed by atoms with Gasteiger partial charge in [0.15, 0.2) is 0 Å². The minimum atomic E-state index is 0.746. The van der Waals surface area contributed by atoms with Crippen LogP contribution in [0.1, 0.15) is 38.1 Å². The van der Waals surface area contributed by atoms with Gasteiger partial charge in [0, 0.05) is 23.6 Å². The maximum Gasteiger partial charge on any atom is 0.131 e. The SMILES string of the molecule is CCCc1nc(-c2ccc(C)c(Cl)c2)c(N)n1CCC. The van der Waals surface area contributed by atoms with Crippen LogP contribution in [0.3, 0.4) is 0 Å². The number of nitrogens with zero attached hydrogens (tertiary/aromatic N) is 2. The van der Waals surface area contributed by atoms with E-state index in [1.807, 2.05) is 25.1 Å². The Morgan fingerprint density at radius 1 is 1.25 bits per heavy atom. The maximum atomic E-state index is 6.30. The van der Waals surface area contributed by atoms with E-state index in [4.69, 9.17) is 22.3 Å². The number of halogens is 1. The Balaban J connectivity index is 2.50. The fraction of sp³-hybridized carbons (Fsp3) is 0.438. The molecule has 0 saturated carbocycles. The summed E-state index contributed by atoms with van der Waals surface area (Å²) in [6.45, 7) is 7.21. The van der Waals surface area contributed by atoms with Gasteiger partial charge in [0.1, 0.15) is 17.3 Å². The highest BCUT2D eigenvalue weighted by molar-refractivity contribution is 6.31. The molecule has 1 aromatic heterocycles. The number of hydrogen-bond donors (Lipinski definition) is 1. The molecule has 0 aliphatic carbocycles. The van der Waals surface area contributed by atoms with Gasteiger partial charge in [-0.15, -0.1) is 0 Å². The molecule has 4 heteroatoms. The zero-order chi connectivity index (χ0) is 14.7. The Bertz CT molecular complexity index is 602. The van der Waals surface area contributed by atoms with E-state index in [9.17, 15) is 0 Å². The highest BCUT2D eigenvalue weighted by Gasteiger charge is 2.15. The van der Waals surface area contributed by atoms with Gasteiger partial charge >= 0.3 is 0 Å². The van der Waals surface area contributed by atoms with Gasteiger partial charge in [0.25, 0.3) is 0 Å². The van der Waals surface area contributed by atoms with Crippen LogP contribution in [0.4, 0.5) is 5.82 Å². The number of rotatable bonds is 5. The van der Waals surface area contributed by atoms with Gasteiger partial charge in [0.05, 0.1) is 0 Å². The molecule has 1 heterocycles. The molecular weight excluding hydrogens is 270 g/mol. The first kappa shape index (κ1) is 14.9. The van der Waals surface area contributed by atoms with Crippen molar-refractivity contribution < 1.29 is 0 Å². The second-order valence-corrected chi connectivity index (χ2v) is 5.53. The van der Waals surface area contributed by atoms with Crippen LogP contribution >= 0.6 is 11.6 Å². The van der Waals surface area contributed by atoms with Crippen molar-refractivity contribution in [3.8, 4) is 11.3 Å². The zero-order valence-electron chi connectivity index (χ0n) is 12.4. The Labute approximate surface area is 125 Å². The number of anilines is 1. The topological polar surface area (TPSA) is 43.8 Å². The Kier molecular flexibility index (Phi) is 4.71. The third-order valence-electron chi connectivity index (χ3n) is 3.45. The van der Waals surface area contributed by atoms with E-state index in [0.29, 0.717) is 0 Å². The number of imidazole rings is 1. The van der Waals surface area contributed by atoms with Crippen LogP contribution in [0.15, 0.2) is 18.2 Å². The lowest BCUT2D eigenvalue weighted by Crippen LogP contribution is -2.06. The Morgan fingerprint density at radius 3 is 2.60 bits per heavy atom. The van der Waals surface area contributed by atoms with Crippen LogP contribution in [-0.4, -0.2) is 9.55 Å². The smallest absolute Gasteiger partial charge is 0.131 e. The number of benzene rings is 1. The molecular formula is C16H22ClN3. The monoisotopic (exact) mass is 291 g/mol. The molecule has 108 valence electrons. The average molecular weight is 292 g/mol. The normalized spacial score (nSPS) is 11.0. The summed E-state index contributed by atoms with van der Waals surface area (Å²) in [6.07, 6.45) is 3.06. The Morgan fingerprint density at radius 2 is 2.00 bits per heavy atom. The largest absolute Gasteiger partial charge is 0.383 e. The molecule has 0 amide bonds. The summed E-state index contributed by atoms with van der Waals surface area (Å²) in [5, 5.41) is 0.754. The van der Waals surface area contributed by atoms with Gasteiger partial charge in [0.2, 0.25) is 0 Å². The summed E-state index contributed by atoms with van der Waals surface area (Å²) in [5.41, 5.74) is 9.21. The van der Waals surface area contributed by atoms with E-state index in [-0.39, 0.29) is 0 Å². The zero-order valence-corrected chi connectivity index (χ0v) is 13.2. The van der Waals surface area contributed by atoms with Crippen molar-refractivity contribution in [3.63, 3.8) is 0 Å². The minimum absolute atomic E-state index is 0.746. The summed E-state index contributed by atoms with van der Waals surface area (Å²) in [5.74, 6) is 1.81. The molecule has 0 saturated heterocycles. The van der Waals surface area contributed by atoms with E-state index in [0.717, 1.165) is 59.3 Å². The highest BCUT2D eigenvalue weighted by Crippen LogP contribution is 2.30. The van der Waals surface area contributed by atoms with E-state index >= 15 is 0 Å². The van der Waals surface area contributed by atoms with Gasteiger partial charge in [-0.05, 0) is 31.4 Å².